The molecule has 0 heterocycles. The Balaban J connectivity index is 2.52. The standard InChI is InChI=1S/C14H19F3N2O2/c1-9(20)7-8-18-13(21)19-10(2)11-3-5-12(6-4-11)14(15,16)17/h3-6,9-10,20H,7-8H2,1-2H3,(H2,18,19,21). The van der Waals surface area contributed by atoms with Gasteiger partial charge in [0.1, 0.15) is 0 Å². The first kappa shape index (κ1) is 17.3. The second kappa shape index (κ2) is 7.31. The lowest BCUT2D eigenvalue weighted by Crippen LogP contribution is -2.38. The molecule has 0 aliphatic heterocycles. The number of halogens is 3. The third kappa shape index (κ3) is 6.03. The van der Waals surface area contributed by atoms with Crippen LogP contribution in [0.25, 0.3) is 0 Å². The zero-order chi connectivity index (χ0) is 16.0. The van der Waals surface area contributed by atoms with E-state index in [1.54, 1.807) is 13.8 Å². The lowest BCUT2D eigenvalue weighted by Gasteiger charge is -2.16. The van der Waals surface area contributed by atoms with Crippen LogP contribution in [0, 0.1) is 0 Å². The van der Waals surface area contributed by atoms with E-state index in [1.807, 2.05) is 0 Å². The van der Waals surface area contributed by atoms with Crippen LogP contribution in [-0.2, 0) is 6.18 Å². The van der Waals surface area contributed by atoms with Gasteiger partial charge in [-0.3, -0.25) is 0 Å². The third-order valence-corrected chi connectivity index (χ3v) is 2.93. The van der Waals surface area contributed by atoms with Gasteiger partial charge in [0.05, 0.1) is 17.7 Å². The number of hydrogen-bond donors (Lipinski definition) is 3. The minimum absolute atomic E-state index is 0.323. The molecule has 0 saturated heterocycles. The van der Waals surface area contributed by atoms with Crippen LogP contribution < -0.4 is 10.6 Å². The molecule has 2 amide bonds. The van der Waals surface area contributed by atoms with Gasteiger partial charge in [-0.15, -0.1) is 0 Å². The molecule has 0 bridgehead atoms. The SMILES string of the molecule is CC(O)CCNC(=O)NC(C)c1ccc(C(F)(F)F)cc1. The quantitative estimate of drug-likeness (QED) is 0.783. The summed E-state index contributed by atoms with van der Waals surface area (Å²) in [6.07, 6.45) is -4.44. The molecule has 1 aromatic rings. The Kier molecular flexibility index (Phi) is 6.02. The van der Waals surface area contributed by atoms with Crippen molar-refractivity contribution in [2.45, 2.75) is 38.6 Å². The highest BCUT2D eigenvalue weighted by atomic mass is 19.4. The molecule has 2 unspecified atom stereocenters. The van der Waals surface area contributed by atoms with Gasteiger partial charge in [-0.2, -0.15) is 13.2 Å². The number of aliphatic hydroxyl groups is 1. The maximum absolute atomic E-state index is 12.4. The summed E-state index contributed by atoms with van der Waals surface area (Å²) >= 11 is 0. The number of carbonyl (C=O) groups excluding carboxylic acids is 1. The van der Waals surface area contributed by atoms with E-state index in [9.17, 15) is 18.0 Å². The molecule has 3 N–H and O–H groups in total. The number of rotatable bonds is 5. The molecule has 0 radical (unpaired) electrons. The summed E-state index contributed by atoms with van der Waals surface area (Å²) in [7, 11) is 0. The normalized spacial score (nSPS) is 14.4. The number of alkyl halides is 3. The van der Waals surface area contributed by atoms with E-state index in [1.165, 1.54) is 12.1 Å². The Hall–Kier alpha value is -1.76. The Morgan fingerprint density at radius 1 is 1.24 bits per heavy atom. The molecule has 0 fully saturated rings. The van der Waals surface area contributed by atoms with Crippen molar-refractivity contribution in [3.05, 3.63) is 35.4 Å². The van der Waals surface area contributed by atoms with Crippen LogP contribution in [0.3, 0.4) is 0 Å². The number of nitrogens with one attached hydrogen (secondary N) is 2. The first-order valence-corrected chi connectivity index (χ1v) is 6.59. The van der Waals surface area contributed by atoms with Crippen molar-refractivity contribution in [1.29, 1.82) is 0 Å². The number of amides is 2. The van der Waals surface area contributed by atoms with Gasteiger partial charge in [-0.05, 0) is 38.0 Å². The fourth-order valence-electron chi connectivity index (χ4n) is 1.69. The van der Waals surface area contributed by atoms with Gasteiger partial charge in [0, 0.05) is 6.54 Å². The van der Waals surface area contributed by atoms with Gasteiger partial charge in [-0.25, -0.2) is 4.79 Å². The lowest BCUT2D eigenvalue weighted by molar-refractivity contribution is -0.137. The zero-order valence-corrected chi connectivity index (χ0v) is 11.9. The van der Waals surface area contributed by atoms with Crippen LogP contribution in [0.4, 0.5) is 18.0 Å². The molecule has 0 aliphatic carbocycles. The van der Waals surface area contributed by atoms with Gasteiger partial charge in [0.25, 0.3) is 0 Å². The highest BCUT2D eigenvalue weighted by Gasteiger charge is 2.30. The van der Waals surface area contributed by atoms with Crippen LogP contribution in [0.1, 0.15) is 37.4 Å². The molecule has 0 saturated carbocycles. The van der Waals surface area contributed by atoms with Crippen molar-refractivity contribution in [1.82, 2.24) is 10.6 Å². The Bertz CT molecular complexity index is 458. The summed E-state index contributed by atoms with van der Waals surface area (Å²) in [6, 6.07) is 3.80. The molecule has 7 heteroatoms. The Morgan fingerprint density at radius 2 is 1.81 bits per heavy atom. The number of benzene rings is 1. The summed E-state index contributed by atoms with van der Waals surface area (Å²) in [5.74, 6) is 0. The fraction of sp³-hybridized carbons (Fsp3) is 0.500. The minimum Gasteiger partial charge on any atom is -0.393 e. The summed E-state index contributed by atoms with van der Waals surface area (Å²) in [5, 5.41) is 14.2. The van der Waals surface area contributed by atoms with E-state index >= 15 is 0 Å². The first-order chi connectivity index (χ1) is 9.70. The summed E-state index contributed by atoms with van der Waals surface area (Å²) < 4.78 is 37.3. The van der Waals surface area contributed by atoms with Gasteiger partial charge in [0.2, 0.25) is 0 Å². The van der Waals surface area contributed by atoms with Crippen molar-refractivity contribution < 1.29 is 23.1 Å². The maximum atomic E-state index is 12.4. The maximum Gasteiger partial charge on any atom is 0.416 e. The smallest absolute Gasteiger partial charge is 0.393 e. The molecule has 1 rings (SSSR count). The van der Waals surface area contributed by atoms with Gasteiger partial charge >= 0.3 is 12.2 Å². The van der Waals surface area contributed by atoms with Crippen LogP contribution in [0.2, 0.25) is 0 Å². The third-order valence-electron chi connectivity index (χ3n) is 2.93. The molecule has 21 heavy (non-hydrogen) atoms. The first-order valence-electron chi connectivity index (χ1n) is 6.59. The average molecular weight is 304 g/mol. The van der Waals surface area contributed by atoms with E-state index < -0.39 is 29.9 Å². The number of aliphatic hydroxyl groups excluding tert-OH is 1. The van der Waals surface area contributed by atoms with E-state index in [0.717, 1.165) is 12.1 Å². The molecule has 1 aromatic carbocycles. The topological polar surface area (TPSA) is 61.4 Å². The number of carbonyl (C=O) groups is 1. The van der Waals surface area contributed by atoms with Crippen LogP contribution in [0.5, 0.6) is 0 Å². The average Bonchev–Trinajstić information content (AvgIpc) is 2.37. The molecule has 0 aliphatic rings. The predicted molar refractivity (Wildman–Crippen MR) is 72.7 cm³/mol. The molecular formula is C14H19F3N2O2. The van der Waals surface area contributed by atoms with Crippen LogP contribution in [0.15, 0.2) is 24.3 Å². The number of hydrogen-bond acceptors (Lipinski definition) is 2. The molecule has 0 spiro atoms. The largest absolute Gasteiger partial charge is 0.416 e. The molecule has 4 nitrogen and oxygen atoms in total. The number of urea groups is 1. The van der Waals surface area contributed by atoms with E-state index in [0.29, 0.717) is 18.5 Å². The van der Waals surface area contributed by atoms with Gasteiger partial charge in [-0.1, -0.05) is 12.1 Å². The van der Waals surface area contributed by atoms with Crippen LogP contribution >= 0.6 is 0 Å². The highest BCUT2D eigenvalue weighted by Crippen LogP contribution is 2.29. The highest BCUT2D eigenvalue weighted by molar-refractivity contribution is 5.74. The van der Waals surface area contributed by atoms with E-state index in [4.69, 9.17) is 5.11 Å². The molecular weight excluding hydrogens is 285 g/mol. The van der Waals surface area contributed by atoms with Crippen molar-refractivity contribution in [2.24, 2.45) is 0 Å². The lowest BCUT2D eigenvalue weighted by atomic mass is 10.1. The van der Waals surface area contributed by atoms with Gasteiger partial charge in [0.15, 0.2) is 0 Å². The van der Waals surface area contributed by atoms with E-state index in [2.05, 4.69) is 10.6 Å². The van der Waals surface area contributed by atoms with Gasteiger partial charge < -0.3 is 15.7 Å². The van der Waals surface area contributed by atoms with Crippen molar-refractivity contribution in [3.63, 3.8) is 0 Å². The monoisotopic (exact) mass is 304 g/mol. The Labute approximate surface area is 121 Å². The second-order valence-corrected chi connectivity index (χ2v) is 4.88. The van der Waals surface area contributed by atoms with Crippen molar-refractivity contribution >= 4 is 6.03 Å². The van der Waals surface area contributed by atoms with E-state index in [-0.39, 0.29) is 0 Å². The van der Waals surface area contributed by atoms with Crippen molar-refractivity contribution in [2.75, 3.05) is 6.54 Å². The Morgan fingerprint density at radius 3 is 2.29 bits per heavy atom. The molecule has 118 valence electrons. The van der Waals surface area contributed by atoms with Crippen molar-refractivity contribution in [3.8, 4) is 0 Å². The second-order valence-electron chi connectivity index (χ2n) is 4.88. The van der Waals surface area contributed by atoms with Crippen LogP contribution in [-0.4, -0.2) is 23.8 Å². The molecule has 0 aromatic heterocycles. The zero-order valence-electron chi connectivity index (χ0n) is 11.9. The summed E-state index contributed by atoms with van der Waals surface area (Å²) in [5.41, 5.74) is -0.145. The predicted octanol–water partition coefficient (Wildman–Crippen LogP) is 2.84. The minimum atomic E-state index is -4.37. The fourth-order valence-corrected chi connectivity index (χ4v) is 1.69. The summed E-state index contributed by atoms with van der Waals surface area (Å²) in [4.78, 5) is 11.6. The summed E-state index contributed by atoms with van der Waals surface area (Å²) in [6.45, 7) is 3.62. The molecule has 2 atom stereocenters.